The molecular formula is C22H19NO3S. The molecule has 0 unspecified atom stereocenters. The van der Waals surface area contributed by atoms with Gasteiger partial charge in [-0.25, -0.2) is 4.79 Å². The number of benzene rings is 3. The molecule has 0 aliphatic rings. The van der Waals surface area contributed by atoms with Gasteiger partial charge in [0.25, 0.3) is 0 Å². The van der Waals surface area contributed by atoms with E-state index in [1.165, 1.54) is 0 Å². The van der Waals surface area contributed by atoms with Crippen molar-refractivity contribution < 1.29 is 14.6 Å². The summed E-state index contributed by atoms with van der Waals surface area (Å²) < 4.78 is 5.92. The Labute approximate surface area is 162 Å². The fourth-order valence-corrected chi connectivity index (χ4v) is 3.04. The highest BCUT2D eigenvalue weighted by molar-refractivity contribution is 7.98. The van der Waals surface area contributed by atoms with Crippen LogP contribution in [0.25, 0.3) is 0 Å². The Morgan fingerprint density at radius 3 is 2.48 bits per heavy atom. The highest BCUT2D eigenvalue weighted by atomic mass is 32.2. The van der Waals surface area contributed by atoms with Crippen LogP contribution >= 0.6 is 11.8 Å². The zero-order chi connectivity index (χ0) is 19.1. The van der Waals surface area contributed by atoms with Crippen LogP contribution in [-0.4, -0.2) is 23.5 Å². The lowest BCUT2D eigenvalue weighted by Crippen LogP contribution is -2.00. The van der Waals surface area contributed by atoms with Gasteiger partial charge < -0.3 is 9.84 Å². The van der Waals surface area contributed by atoms with E-state index >= 15 is 0 Å². The fourth-order valence-electron chi connectivity index (χ4n) is 2.50. The van der Waals surface area contributed by atoms with Crippen LogP contribution in [0.15, 0.2) is 82.7 Å². The first-order chi connectivity index (χ1) is 13.2. The monoisotopic (exact) mass is 377 g/mol. The van der Waals surface area contributed by atoms with Crippen LogP contribution in [0.4, 0.5) is 5.69 Å². The van der Waals surface area contributed by atoms with Crippen LogP contribution in [0.1, 0.15) is 21.5 Å². The van der Waals surface area contributed by atoms with Crippen molar-refractivity contribution in [1.29, 1.82) is 0 Å². The molecule has 0 bridgehead atoms. The van der Waals surface area contributed by atoms with E-state index in [-0.39, 0.29) is 5.56 Å². The minimum absolute atomic E-state index is 0.263. The molecule has 3 aromatic carbocycles. The SMILES string of the molecule is CSc1ccccc1N=Cc1ccccc1OCc1ccc(C(=O)O)cc1. The second kappa shape index (κ2) is 9.05. The molecule has 0 aromatic heterocycles. The van der Waals surface area contributed by atoms with Gasteiger partial charge in [-0.3, -0.25) is 4.99 Å². The average Bonchev–Trinajstić information content (AvgIpc) is 2.71. The topological polar surface area (TPSA) is 58.9 Å². The van der Waals surface area contributed by atoms with Gasteiger partial charge in [0.2, 0.25) is 0 Å². The molecule has 0 aliphatic heterocycles. The largest absolute Gasteiger partial charge is 0.488 e. The lowest BCUT2D eigenvalue weighted by molar-refractivity contribution is 0.0697. The van der Waals surface area contributed by atoms with E-state index in [1.54, 1.807) is 42.2 Å². The summed E-state index contributed by atoms with van der Waals surface area (Å²) in [7, 11) is 0. The molecule has 0 saturated carbocycles. The summed E-state index contributed by atoms with van der Waals surface area (Å²) in [6.45, 7) is 0.353. The molecule has 0 spiro atoms. The van der Waals surface area contributed by atoms with Gasteiger partial charge in [0, 0.05) is 16.7 Å². The summed E-state index contributed by atoms with van der Waals surface area (Å²) in [5.74, 6) is -0.209. The number of aromatic carboxylic acids is 1. The number of thioether (sulfide) groups is 1. The number of hydrogen-bond donors (Lipinski definition) is 1. The molecule has 0 radical (unpaired) electrons. The van der Waals surface area contributed by atoms with Crippen LogP contribution in [0, 0.1) is 0 Å². The number of para-hydroxylation sites is 2. The van der Waals surface area contributed by atoms with Crippen LogP contribution in [0.2, 0.25) is 0 Å². The smallest absolute Gasteiger partial charge is 0.335 e. The van der Waals surface area contributed by atoms with E-state index in [0.29, 0.717) is 6.61 Å². The first kappa shape index (κ1) is 18.7. The Hall–Kier alpha value is -3.05. The molecule has 27 heavy (non-hydrogen) atoms. The van der Waals surface area contributed by atoms with Crippen LogP contribution in [-0.2, 0) is 6.61 Å². The van der Waals surface area contributed by atoms with Crippen LogP contribution in [0.3, 0.4) is 0 Å². The summed E-state index contributed by atoms with van der Waals surface area (Å²) in [5.41, 5.74) is 2.97. The standard InChI is InChI=1S/C22H19NO3S/c1-27-21-9-5-3-7-19(21)23-14-18-6-2-4-8-20(18)26-15-16-10-12-17(13-11-16)22(24)25/h2-14H,15H2,1H3,(H,24,25). The maximum Gasteiger partial charge on any atom is 0.335 e. The second-order valence-electron chi connectivity index (χ2n) is 5.76. The Balaban J connectivity index is 1.74. The maximum atomic E-state index is 10.9. The number of aliphatic imine (C=N–C) groups is 1. The lowest BCUT2D eigenvalue weighted by Gasteiger charge is -2.09. The predicted octanol–water partition coefficient (Wildman–Crippen LogP) is 5.44. The van der Waals surface area contributed by atoms with Crippen LogP contribution in [0.5, 0.6) is 5.75 Å². The second-order valence-corrected chi connectivity index (χ2v) is 6.61. The molecule has 0 heterocycles. The van der Waals surface area contributed by atoms with Gasteiger partial charge in [-0.05, 0) is 48.2 Å². The average molecular weight is 377 g/mol. The molecular weight excluding hydrogens is 358 g/mol. The number of ether oxygens (including phenoxy) is 1. The minimum Gasteiger partial charge on any atom is -0.488 e. The van der Waals surface area contributed by atoms with Gasteiger partial charge >= 0.3 is 5.97 Å². The van der Waals surface area contributed by atoms with Crippen molar-refractivity contribution >= 4 is 29.6 Å². The minimum atomic E-state index is -0.936. The fraction of sp³-hybridized carbons (Fsp3) is 0.0909. The molecule has 136 valence electrons. The molecule has 1 N–H and O–H groups in total. The molecule has 0 amide bonds. The van der Waals surface area contributed by atoms with Gasteiger partial charge in [-0.15, -0.1) is 11.8 Å². The zero-order valence-electron chi connectivity index (χ0n) is 14.8. The molecule has 0 aliphatic carbocycles. The Morgan fingerprint density at radius 1 is 1.04 bits per heavy atom. The Kier molecular flexibility index (Phi) is 6.28. The molecule has 3 rings (SSSR count). The first-order valence-electron chi connectivity index (χ1n) is 8.38. The molecule has 0 saturated heterocycles. The molecule has 0 fully saturated rings. The van der Waals surface area contributed by atoms with E-state index in [2.05, 4.69) is 4.99 Å². The van der Waals surface area contributed by atoms with Crippen molar-refractivity contribution in [1.82, 2.24) is 0 Å². The van der Waals surface area contributed by atoms with Gasteiger partial charge in [0.05, 0.1) is 11.3 Å². The van der Waals surface area contributed by atoms with Crippen molar-refractivity contribution in [2.75, 3.05) is 6.26 Å². The summed E-state index contributed by atoms with van der Waals surface area (Å²) >= 11 is 1.66. The van der Waals surface area contributed by atoms with Gasteiger partial charge in [0.15, 0.2) is 0 Å². The highest BCUT2D eigenvalue weighted by Crippen LogP contribution is 2.27. The van der Waals surface area contributed by atoms with E-state index < -0.39 is 5.97 Å². The van der Waals surface area contributed by atoms with Crippen molar-refractivity contribution in [3.05, 3.63) is 89.5 Å². The maximum absolute atomic E-state index is 10.9. The third kappa shape index (κ3) is 4.99. The molecule has 5 heteroatoms. The summed E-state index contributed by atoms with van der Waals surface area (Å²) in [6.07, 6.45) is 3.83. The lowest BCUT2D eigenvalue weighted by atomic mass is 10.1. The quantitative estimate of drug-likeness (QED) is 0.440. The van der Waals surface area contributed by atoms with Crippen molar-refractivity contribution in [3.63, 3.8) is 0 Å². The van der Waals surface area contributed by atoms with Gasteiger partial charge in [-0.1, -0.05) is 36.4 Å². The van der Waals surface area contributed by atoms with Gasteiger partial charge in [0.1, 0.15) is 12.4 Å². The van der Waals surface area contributed by atoms with Crippen molar-refractivity contribution in [2.24, 2.45) is 4.99 Å². The number of carboxylic acid groups (broad SMARTS) is 1. The normalized spacial score (nSPS) is 10.9. The van der Waals surface area contributed by atoms with Crippen LogP contribution < -0.4 is 4.74 Å². The van der Waals surface area contributed by atoms with E-state index in [1.807, 2.05) is 54.8 Å². The Bertz CT molecular complexity index is 952. The number of carbonyl (C=O) groups is 1. The predicted molar refractivity (Wildman–Crippen MR) is 110 cm³/mol. The molecule has 3 aromatic rings. The summed E-state index contributed by atoms with van der Waals surface area (Å²) in [4.78, 5) is 16.6. The van der Waals surface area contributed by atoms with Crippen molar-refractivity contribution in [2.45, 2.75) is 11.5 Å². The van der Waals surface area contributed by atoms with E-state index in [9.17, 15) is 4.79 Å². The Morgan fingerprint density at radius 2 is 1.74 bits per heavy atom. The number of carboxylic acids is 1. The number of rotatable bonds is 7. The van der Waals surface area contributed by atoms with Crippen molar-refractivity contribution in [3.8, 4) is 5.75 Å². The number of nitrogens with zero attached hydrogens (tertiary/aromatic N) is 1. The third-order valence-electron chi connectivity index (χ3n) is 3.94. The summed E-state index contributed by atoms with van der Waals surface area (Å²) in [5, 5.41) is 8.96. The van der Waals surface area contributed by atoms with Gasteiger partial charge in [-0.2, -0.15) is 0 Å². The summed E-state index contributed by atoms with van der Waals surface area (Å²) in [6, 6.07) is 22.4. The highest BCUT2D eigenvalue weighted by Gasteiger charge is 2.05. The third-order valence-corrected chi connectivity index (χ3v) is 4.73. The molecule has 0 atom stereocenters. The first-order valence-corrected chi connectivity index (χ1v) is 9.61. The molecule has 4 nitrogen and oxygen atoms in total. The zero-order valence-corrected chi connectivity index (χ0v) is 15.6. The van der Waals surface area contributed by atoms with E-state index in [4.69, 9.17) is 9.84 Å². The number of hydrogen-bond acceptors (Lipinski definition) is 4. The van der Waals surface area contributed by atoms with E-state index in [0.717, 1.165) is 27.5 Å².